The quantitative estimate of drug-likeness (QED) is 0.472. The Morgan fingerprint density at radius 1 is 1.53 bits per heavy atom. The summed E-state index contributed by atoms with van der Waals surface area (Å²) in [6.07, 6.45) is 1.48. The summed E-state index contributed by atoms with van der Waals surface area (Å²) in [6.45, 7) is 2.62. The summed E-state index contributed by atoms with van der Waals surface area (Å²) in [7, 11) is 1.82. The Morgan fingerprint density at radius 3 is 2.79 bits per heavy atom. The molecule has 1 aliphatic heterocycles. The lowest BCUT2D eigenvalue weighted by atomic mass is 10.1. The third-order valence-electron chi connectivity index (χ3n) is 3.55. The van der Waals surface area contributed by atoms with E-state index in [1.54, 1.807) is 12.1 Å². The van der Waals surface area contributed by atoms with Gasteiger partial charge in [-0.3, -0.25) is 14.9 Å². The van der Waals surface area contributed by atoms with Gasteiger partial charge in [-0.25, -0.2) is 0 Å². The summed E-state index contributed by atoms with van der Waals surface area (Å²) in [6, 6.07) is 4.62. The zero-order chi connectivity index (χ0) is 14.0. The molecule has 0 spiro atoms. The number of anilines is 1. The monoisotopic (exact) mass is 264 g/mol. The number of nitro groups is 1. The first-order chi connectivity index (χ1) is 9.04. The predicted molar refractivity (Wildman–Crippen MR) is 70.7 cm³/mol. The van der Waals surface area contributed by atoms with Crippen LogP contribution in [0.4, 0.5) is 11.4 Å². The van der Waals surface area contributed by atoms with Crippen LogP contribution >= 0.6 is 0 Å². The highest BCUT2D eigenvalue weighted by atomic mass is 16.6. The fraction of sp³-hybridized carbons (Fsp3) is 0.462. The molecule has 0 bridgehead atoms. The molecule has 0 saturated carbocycles. The summed E-state index contributed by atoms with van der Waals surface area (Å²) in [4.78, 5) is 23.2. The highest BCUT2D eigenvalue weighted by Crippen LogP contribution is 2.32. The zero-order valence-electron chi connectivity index (χ0n) is 10.9. The van der Waals surface area contributed by atoms with Crippen LogP contribution in [-0.4, -0.2) is 37.0 Å². The summed E-state index contributed by atoms with van der Waals surface area (Å²) in [5.74, 6) is 0. The number of hydrogen-bond donors (Lipinski definition) is 0. The molecule has 1 aliphatic rings. The number of aldehydes is 1. The van der Waals surface area contributed by atoms with Gasteiger partial charge in [0.05, 0.1) is 17.1 Å². The molecule has 1 aromatic rings. The first kappa shape index (κ1) is 13.5. The topological polar surface area (TPSA) is 72.7 Å². The number of carbonyl (C=O) groups is 1. The molecule has 19 heavy (non-hydrogen) atoms. The molecule has 1 saturated heterocycles. The first-order valence-electron chi connectivity index (χ1n) is 6.12. The molecule has 0 amide bonds. The molecule has 6 heteroatoms. The fourth-order valence-corrected chi connectivity index (χ4v) is 2.47. The molecule has 2 unspecified atom stereocenters. The van der Waals surface area contributed by atoms with Gasteiger partial charge in [-0.15, -0.1) is 0 Å². The van der Waals surface area contributed by atoms with Gasteiger partial charge >= 0.3 is 0 Å². The average molecular weight is 264 g/mol. The van der Waals surface area contributed by atoms with E-state index in [-0.39, 0.29) is 17.8 Å². The highest BCUT2D eigenvalue weighted by molar-refractivity contribution is 5.79. The molecular weight excluding hydrogens is 248 g/mol. The lowest BCUT2D eigenvalue weighted by molar-refractivity contribution is -0.384. The lowest BCUT2D eigenvalue weighted by Gasteiger charge is -2.28. The molecule has 1 aromatic carbocycles. The van der Waals surface area contributed by atoms with Crippen molar-refractivity contribution in [3.63, 3.8) is 0 Å². The van der Waals surface area contributed by atoms with E-state index in [0.29, 0.717) is 24.1 Å². The Kier molecular flexibility index (Phi) is 3.80. The maximum atomic E-state index is 11.1. The van der Waals surface area contributed by atoms with Gasteiger partial charge < -0.3 is 9.64 Å². The molecule has 1 heterocycles. The number of likely N-dealkylation sites (N-methyl/N-ethyl adjacent to an activating group) is 1. The number of rotatable bonds is 4. The normalized spacial score (nSPS) is 22.2. The molecule has 102 valence electrons. The van der Waals surface area contributed by atoms with E-state index in [1.165, 1.54) is 6.07 Å². The second kappa shape index (κ2) is 5.36. The van der Waals surface area contributed by atoms with Crippen LogP contribution in [-0.2, 0) is 4.74 Å². The Balaban J connectivity index is 2.37. The van der Waals surface area contributed by atoms with E-state index in [4.69, 9.17) is 4.74 Å². The number of ether oxygens (including phenoxy) is 1. The molecule has 6 nitrogen and oxygen atoms in total. The Hall–Kier alpha value is -1.95. The Morgan fingerprint density at radius 2 is 2.26 bits per heavy atom. The third-order valence-corrected chi connectivity index (χ3v) is 3.55. The molecule has 0 radical (unpaired) electrons. The molecule has 0 aliphatic carbocycles. The van der Waals surface area contributed by atoms with Gasteiger partial charge in [0.2, 0.25) is 0 Å². The van der Waals surface area contributed by atoms with Gasteiger partial charge in [0.1, 0.15) is 12.0 Å². The molecule has 0 aromatic heterocycles. The van der Waals surface area contributed by atoms with E-state index >= 15 is 0 Å². The van der Waals surface area contributed by atoms with Crippen LogP contribution in [0.1, 0.15) is 23.7 Å². The number of hydrogen-bond acceptors (Lipinski definition) is 5. The lowest BCUT2D eigenvalue weighted by Crippen LogP contribution is -2.37. The fourth-order valence-electron chi connectivity index (χ4n) is 2.47. The summed E-state index contributed by atoms with van der Waals surface area (Å²) in [5, 5.41) is 11.1. The average Bonchev–Trinajstić information content (AvgIpc) is 2.83. The SMILES string of the molecule is CC1OCCC1N(C)c1ccc(C=O)cc1[N+](=O)[O-]. The van der Waals surface area contributed by atoms with E-state index in [0.717, 1.165) is 6.42 Å². The van der Waals surface area contributed by atoms with Crippen molar-refractivity contribution in [3.8, 4) is 0 Å². The van der Waals surface area contributed by atoms with Gasteiger partial charge in [0, 0.05) is 25.3 Å². The van der Waals surface area contributed by atoms with Crippen molar-refractivity contribution in [1.82, 2.24) is 0 Å². The third kappa shape index (κ3) is 2.58. The van der Waals surface area contributed by atoms with Gasteiger partial charge in [0.15, 0.2) is 0 Å². The molecule has 2 atom stereocenters. The van der Waals surface area contributed by atoms with Gasteiger partial charge in [0.25, 0.3) is 5.69 Å². The van der Waals surface area contributed by atoms with Crippen LogP contribution in [0.5, 0.6) is 0 Å². The summed E-state index contributed by atoms with van der Waals surface area (Å²) < 4.78 is 5.49. The van der Waals surface area contributed by atoms with Gasteiger partial charge in [-0.2, -0.15) is 0 Å². The minimum absolute atomic E-state index is 0.0374. The highest BCUT2D eigenvalue weighted by Gasteiger charge is 2.31. The Labute approximate surface area is 111 Å². The number of nitrogens with zero attached hydrogens (tertiary/aromatic N) is 2. The molecule has 2 rings (SSSR count). The molecule has 1 fully saturated rings. The Bertz CT molecular complexity index is 503. The van der Waals surface area contributed by atoms with Crippen LogP contribution in [0.3, 0.4) is 0 Å². The van der Waals surface area contributed by atoms with Crippen LogP contribution in [0.15, 0.2) is 18.2 Å². The predicted octanol–water partition coefficient (Wildman–Crippen LogP) is 2.02. The number of nitro benzene ring substituents is 1. The standard InChI is InChI=1S/C13H16N2O4/c1-9-11(5-6-19-9)14(2)12-4-3-10(8-16)7-13(12)15(17)18/h3-4,7-9,11H,5-6H2,1-2H3. The van der Waals surface area contributed by atoms with Gasteiger partial charge in [-0.05, 0) is 25.5 Å². The van der Waals surface area contributed by atoms with Crippen molar-refractivity contribution in [2.24, 2.45) is 0 Å². The van der Waals surface area contributed by atoms with E-state index in [1.807, 2.05) is 18.9 Å². The maximum Gasteiger partial charge on any atom is 0.293 e. The van der Waals surface area contributed by atoms with Crippen molar-refractivity contribution in [2.45, 2.75) is 25.5 Å². The van der Waals surface area contributed by atoms with Crippen LogP contribution in [0, 0.1) is 10.1 Å². The van der Waals surface area contributed by atoms with Crippen molar-refractivity contribution >= 4 is 17.7 Å². The van der Waals surface area contributed by atoms with E-state index < -0.39 is 4.92 Å². The van der Waals surface area contributed by atoms with Crippen LogP contribution in [0.2, 0.25) is 0 Å². The zero-order valence-corrected chi connectivity index (χ0v) is 10.9. The van der Waals surface area contributed by atoms with Crippen LogP contribution in [0.25, 0.3) is 0 Å². The molecule has 0 N–H and O–H groups in total. The van der Waals surface area contributed by atoms with E-state index in [2.05, 4.69) is 0 Å². The first-order valence-corrected chi connectivity index (χ1v) is 6.12. The minimum Gasteiger partial charge on any atom is -0.376 e. The summed E-state index contributed by atoms with van der Waals surface area (Å²) in [5.41, 5.74) is 0.767. The minimum atomic E-state index is -0.459. The number of carbonyl (C=O) groups excluding carboxylic acids is 1. The second-order valence-corrected chi connectivity index (χ2v) is 4.67. The summed E-state index contributed by atoms with van der Waals surface area (Å²) >= 11 is 0. The second-order valence-electron chi connectivity index (χ2n) is 4.67. The largest absolute Gasteiger partial charge is 0.376 e. The maximum absolute atomic E-state index is 11.1. The van der Waals surface area contributed by atoms with Crippen LogP contribution < -0.4 is 4.90 Å². The smallest absolute Gasteiger partial charge is 0.293 e. The molecular formula is C13H16N2O4. The van der Waals surface area contributed by atoms with Crippen molar-refractivity contribution in [1.29, 1.82) is 0 Å². The number of benzene rings is 1. The van der Waals surface area contributed by atoms with Crippen molar-refractivity contribution in [3.05, 3.63) is 33.9 Å². The van der Waals surface area contributed by atoms with Crippen molar-refractivity contribution < 1.29 is 14.5 Å². The van der Waals surface area contributed by atoms with Crippen molar-refractivity contribution in [2.75, 3.05) is 18.6 Å². The van der Waals surface area contributed by atoms with Gasteiger partial charge in [-0.1, -0.05) is 0 Å². The van der Waals surface area contributed by atoms with E-state index in [9.17, 15) is 14.9 Å².